The van der Waals surface area contributed by atoms with Gasteiger partial charge in [-0.05, 0) is 54.5 Å². The van der Waals surface area contributed by atoms with E-state index in [0.29, 0.717) is 0 Å². The van der Waals surface area contributed by atoms with Crippen LogP contribution in [-0.2, 0) is 0 Å². The van der Waals surface area contributed by atoms with Gasteiger partial charge < -0.3 is 5.32 Å². The molecule has 0 aliphatic carbocycles. The summed E-state index contributed by atoms with van der Waals surface area (Å²) in [6.45, 7) is 4.31. The highest BCUT2D eigenvalue weighted by atomic mass is 14.9. The molecule has 20 heavy (non-hydrogen) atoms. The standard InChI is InChI=1S/C19H19N/c1-14-8-9-18(15(2)12-14)17-10-11-20-19(13-17)16-6-4-3-5-7-16/h3-13,19-20H,1-2H3. The maximum Gasteiger partial charge on any atom is 0.0701 e. The molecule has 0 amide bonds. The molecule has 0 radical (unpaired) electrons. The second kappa shape index (κ2) is 5.38. The van der Waals surface area contributed by atoms with Gasteiger partial charge in [0, 0.05) is 0 Å². The van der Waals surface area contributed by atoms with Crippen molar-refractivity contribution < 1.29 is 0 Å². The molecule has 2 aromatic rings. The monoisotopic (exact) mass is 261 g/mol. The smallest absolute Gasteiger partial charge is 0.0701 e. The van der Waals surface area contributed by atoms with Gasteiger partial charge in [-0.1, -0.05) is 54.1 Å². The van der Waals surface area contributed by atoms with Gasteiger partial charge in [0.1, 0.15) is 0 Å². The normalized spacial score (nSPS) is 17.5. The lowest BCUT2D eigenvalue weighted by Crippen LogP contribution is -2.16. The zero-order chi connectivity index (χ0) is 13.9. The molecular formula is C19H19N. The number of dihydropyridines is 1. The molecule has 100 valence electrons. The Morgan fingerprint density at radius 3 is 2.50 bits per heavy atom. The van der Waals surface area contributed by atoms with Crippen molar-refractivity contribution in [3.63, 3.8) is 0 Å². The van der Waals surface area contributed by atoms with Crippen molar-refractivity contribution in [3.8, 4) is 0 Å². The number of rotatable bonds is 2. The van der Waals surface area contributed by atoms with Crippen LogP contribution in [0.1, 0.15) is 28.3 Å². The number of allylic oxidation sites excluding steroid dienone is 2. The summed E-state index contributed by atoms with van der Waals surface area (Å²) in [4.78, 5) is 0. The van der Waals surface area contributed by atoms with E-state index >= 15 is 0 Å². The largest absolute Gasteiger partial charge is 0.381 e. The summed E-state index contributed by atoms with van der Waals surface area (Å²) in [6, 6.07) is 17.4. The van der Waals surface area contributed by atoms with Crippen LogP contribution in [0.25, 0.3) is 5.57 Å². The second-order valence-electron chi connectivity index (χ2n) is 5.33. The van der Waals surface area contributed by atoms with Gasteiger partial charge in [-0.15, -0.1) is 0 Å². The lowest BCUT2D eigenvalue weighted by atomic mass is 9.94. The Hall–Kier alpha value is -2.28. The number of hydrogen-bond donors (Lipinski definition) is 1. The van der Waals surface area contributed by atoms with E-state index in [9.17, 15) is 0 Å². The van der Waals surface area contributed by atoms with Crippen molar-refractivity contribution in [2.45, 2.75) is 19.9 Å². The first-order valence-electron chi connectivity index (χ1n) is 7.01. The van der Waals surface area contributed by atoms with Gasteiger partial charge in [-0.25, -0.2) is 0 Å². The second-order valence-corrected chi connectivity index (χ2v) is 5.33. The van der Waals surface area contributed by atoms with Crippen LogP contribution >= 0.6 is 0 Å². The first kappa shape index (κ1) is 12.7. The van der Waals surface area contributed by atoms with Crippen LogP contribution in [-0.4, -0.2) is 0 Å². The number of aryl methyl sites for hydroxylation is 2. The molecule has 1 heterocycles. The molecule has 1 aliphatic heterocycles. The summed E-state index contributed by atoms with van der Waals surface area (Å²) in [7, 11) is 0. The van der Waals surface area contributed by atoms with Crippen LogP contribution in [0.2, 0.25) is 0 Å². The van der Waals surface area contributed by atoms with Crippen LogP contribution < -0.4 is 5.32 Å². The van der Waals surface area contributed by atoms with Crippen molar-refractivity contribution in [2.24, 2.45) is 0 Å². The van der Waals surface area contributed by atoms with Crippen LogP contribution in [0, 0.1) is 13.8 Å². The van der Waals surface area contributed by atoms with E-state index in [-0.39, 0.29) is 6.04 Å². The summed E-state index contributed by atoms with van der Waals surface area (Å²) in [5.74, 6) is 0. The number of nitrogens with one attached hydrogen (secondary N) is 1. The van der Waals surface area contributed by atoms with E-state index < -0.39 is 0 Å². The average molecular weight is 261 g/mol. The Morgan fingerprint density at radius 1 is 0.950 bits per heavy atom. The van der Waals surface area contributed by atoms with Gasteiger partial charge >= 0.3 is 0 Å². The molecule has 0 saturated carbocycles. The van der Waals surface area contributed by atoms with Crippen LogP contribution in [0.15, 0.2) is 66.9 Å². The topological polar surface area (TPSA) is 12.0 Å². The Morgan fingerprint density at radius 2 is 1.75 bits per heavy atom. The van der Waals surface area contributed by atoms with Crippen LogP contribution in [0.3, 0.4) is 0 Å². The summed E-state index contributed by atoms with van der Waals surface area (Å²) in [5, 5.41) is 3.41. The van der Waals surface area contributed by atoms with Gasteiger partial charge in [-0.3, -0.25) is 0 Å². The van der Waals surface area contributed by atoms with Crippen molar-refractivity contribution in [1.29, 1.82) is 0 Å². The van der Waals surface area contributed by atoms with Gasteiger partial charge in [0.05, 0.1) is 6.04 Å². The maximum atomic E-state index is 3.41. The van der Waals surface area contributed by atoms with Gasteiger partial charge in [0.15, 0.2) is 0 Å². The summed E-state index contributed by atoms with van der Waals surface area (Å²) >= 11 is 0. The Kier molecular flexibility index (Phi) is 3.42. The van der Waals surface area contributed by atoms with Gasteiger partial charge in [0.25, 0.3) is 0 Å². The van der Waals surface area contributed by atoms with E-state index in [1.807, 2.05) is 6.20 Å². The maximum absolute atomic E-state index is 3.41. The van der Waals surface area contributed by atoms with E-state index in [1.165, 1.54) is 27.8 Å². The third-order valence-corrected chi connectivity index (χ3v) is 3.74. The van der Waals surface area contributed by atoms with E-state index in [4.69, 9.17) is 0 Å². The average Bonchev–Trinajstić information content (AvgIpc) is 2.48. The van der Waals surface area contributed by atoms with Crippen LogP contribution in [0.5, 0.6) is 0 Å². The molecule has 1 heteroatoms. The first-order valence-corrected chi connectivity index (χ1v) is 7.01. The highest BCUT2D eigenvalue weighted by molar-refractivity contribution is 5.77. The molecule has 1 N–H and O–H groups in total. The number of hydrogen-bond acceptors (Lipinski definition) is 1. The molecule has 0 spiro atoms. The summed E-state index contributed by atoms with van der Waals surface area (Å²) in [5.41, 5.74) is 6.53. The molecule has 0 bridgehead atoms. The molecule has 1 aliphatic rings. The lowest BCUT2D eigenvalue weighted by Gasteiger charge is -2.20. The molecule has 0 fully saturated rings. The molecule has 1 nitrogen and oxygen atoms in total. The van der Waals surface area contributed by atoms with E-state index in [1.54, 1.807) is 0 Å². The molecule has 0 aromatic heterocycles. The van der Waals surface area contributed by atoms with Crippen molar-refractivity contribution in [3.05, 3.63) is 89.1 Å². The molecule has 1 unspecified atom stereocenters. The predicted octanol–water partition coefficient (Wildman–Crippen LogP) is 4.55. The third kappa shape index (κ3) is 2.53. The fourth-order valence-corrected chi connectivity index (χ4v) is 2.69. The zero-order valence-electron chi connectivity index (χ0n) is 11.9. The fraction of sp³-hybridized carbons (Fsp3) is 0.158. The predicted molar refractivity (Wildman–Crippen MR) is 85.4 cm³/mol. The highest BCUT2D eigenvalue weighted by Crippen LogP contribution is 2.28. The van der Waals surface area contributed by atoms with Gasteiger partial charge in [0.2, 0.25) is 0 Å². The van der Waals surface area contributed by atoms with E-state index in [0.717, 1.165) is 0 Å². The Balaban J connectivity index is 1.97. The third-order valence-electron chi connectivity index (χ3n) is 3.74. The summed E-state index contributed by atoms with van der Waals surface area (Å²) < 4.78 is 0. The minimum Gasteiger partial charge on any atom is -0.381 e. The Labute approximate surface area is 120 Å². The molecule has 3 rings (SSSR count). The quantitative estimate of drug-likeness (QED) is 0.836. The van der Waals surface area contributed by atoms with E-state index in [2.05, 4.69) is 79.8 Å². The fourth-order valence-electron chi connectivity index (χ4n) is 2.69. The minimum absolute atomic E-state index is 0.247. The molecule has 1 atom stereocenters. The van der Waals surface area contributed by atoms with Crippen molar-refractivity contribution >= 4 is 5.57 Å². The lowest BCUT2D eigenvalue weighted by molar-refractivity contribution is 0.749. The first-order chi connectivity index (χ1) is 9.74. The SMILES string of the molecule is Cc1ccc(C2=CC(c3ccccc3)NC=C2)c(C)c1. The minimum atomic E-state index is 0.247. The molecular weight excluding hydrogens is 242 g/mol. The molecule has 0 saturated heterocycles. The van der Waals surface area contributed by atoms with Gasteiger partial charge in [-0.2, -0.15) is 0 Å². The summed E-state index contributed by atoms with van der Waals surface area (Å²) in [6.07, 6.45) is 6.50. The number of benzene rings is 2. The molecule has 2 aromatic carbocycles. The van der Waals surface area contributed by atoms with Crippen molar-refractivity contribution in [2.75, 3.05) is 0 Å². The Bertz CT molecular complexity index is 665. The van der Waals surface area contributed by atoms with Crippen LogP contribution in [0.4, 0.5) is 0 Å². The highest BCUT2D eigenvalue weighted by Gasteiger charge is 2.12. The van der Waals surface area contributed by atoms with Crippen molar-refractivity contribution in [1.82, 2.24) is 5.32 Å². The zero-order valence-corrected chi connectivity index (χ0v) is 11.9.